The van der Waals surface area contributed by atoms with Crippen molar-refractivity contribution in [2.75, 3.05) is 0 Å². The van der Waals surface area contributed by atoms with Crippen LogP contribution in [0.1, 0.15) is 37.1 Å². The van der Waals surface area contributed by atoms with Crippen LogP contribution < -0.4 is 22.5 Å². The fourth-order valence-electron chi connectivity index (χ4n) is 5.19. The number of carbonyl (C=O) groups is 2. The van der Waals surface area contributed by atoms with E-state index in [9.17, 15) is 9.59 Å². The van der Waals surface area contributed by atoms with E-state index in [4.69, 9.17) is 22.6 Å². The maximum Gasteiger partial charge on any atom is 0.253 e. The Kier molecular flexibility index (Phi) is 8.65. The number of nitrogens with two attached hydrogens (primary N) is 3. The zero-order chi connectivity index (χ0) is 27.8. The fourth-order valence-corrected chi connectivity index (χ4v) is 5.19. The van der Waals surface area contributed by atoms with Crippen LogP contribution in [0.25, 0.3) is 0 Å². The first-order valence-electron chi connectivity index (χ1n) is 12.9. The molecule has 39 heavy (non-hydrogen) atoms. The van der Waals surface area contributed by atoms with E-state index in [1.807, 2.05) is 12.1 Å². The second-order valence-electron chi connectivity index (χ2n) is 10.3. The number of amidine groups is 1. The molecule has 2 saturated carbocycles. The van der Waals surface area contributed by atoms with Gasteiger partial charge in [0.1, 0.15) is 11.7 Å². The summed E-state index contributed by atoms with van der Waals surface area (Å²) in [6.45, 7) is 0. The van der Waals surface area contributed by atoms with Gasteiger partial charge in [0, 0.05) is 41.1 Å². The minimum atomic E-state index is -0.375. The quantitative estimate of drug-likeness (QED) is 0.178. The largest absolute Gasteiger partial charge is 0.402 e. The minimum Gasteiger partial charge on any atom is -0.402 e. The summed E-state index contributed by atoms with van der Waals surface area (Å²) in [5, 5.41) is 11.0. The number of hydrogen-bond acceptors (Lipinski definition) is 7. The van der Waals surface area contributed by atoms with Crippen molar-refractivity contribution in [3.8, 4) is 0 Å². The predicted octanol–water partition coefficient (Wildman–Crippen LogP) is 2.29. The Morgan fingerprint density at radius 3 is 2.15 bits per heavy atom. The summed E-state index contributed by atoms with van der Waals surface area (Å²) >= 11 is 0. The number of pyridine rings is 2. The van der Waals surface area contributed by atoms with Gasteiger partial charge in [0.25, 0.3) is 5.91 Å². The number of aromatic nitrogens is 2. The lowest BCUT2D eigenvalue weighted by atomic mass is 9.47. The summed E-state index contributed by atoms with van der Waals surface area (Å²) in [4.78, 5) is 36.3. The Bertz CT molecular complexity index is 1320. The molecule has 1 spiro atoms. The summed E-state index contributed by atoms with van der Waals surface area (Å²) in [6.07, 6.45) is 13.8. The van der Waals surface area contributed by atoms with E-state index >= 15 is 0 Å². The summed E-state index contributed by atoms with van der Waals surface area (Å²) in [5.41, 5.74) is 20.8. The summed E-state index contributed by atoms with van der Waals surface area (Å²) < 4.78 is 0. The van der Waals surface area contributed by atoms with Crippen LogP contribution in [-0.4, -0.2) is 33.3 Å². The molecule has 2 aliphatic rings. The van der Waals surface area contributed by atoms with Crippen LogP contribution in [0.3, 0.4) is 0 Å². The molecular weight excluding hydrogens is 492 g/mol. The smallest absolute Gasteiger partial charge is 0.253 e. The number of allylic oxidation sites excluding steroid dienone is 4. The van der Waals surface area contributed by atoms with Crippen LogP contribution in [-0.2, 0) is 22.4 Å². The SMILES string of the molecule is N=C(/C=C\C(N)=NC(=O)Cc1ccccn1)C1CC2(C1)CC(/C(N)=C/C=C(\N)NC(=O)Cc1ccccn1)C2. The maximum absolute atomic E-state index is 12.1. The Labute approximate surface area is 227 Å². The van der Waals surface area contributed by atoms with Crippen molar-refractivity contribution < 1.29 is 9.59 Å². The third-order valence-electron chi connectivity index (χ3n) is 7.18. The topological polar surface area (TPSA) is 186 Å². The van der Waals surface area contributed by atoms with Crippen molar-refractivity contribution in [3.63, 3.8) is 0 Å². The average molecular weight is 527 g/mol. The number of aliphatic imine (C=N–C) groups is 1. The molecular formula is C29H34N8O2. The number of nitrogens with zero attached hydrogens (tertiary/aromatic N) is 3. The second-order valence-corrected chi connectivity index (χ2v) is 10.3. The number of hydrogen-bond donors (Lipinski definition) is 5. The number of rotatable bonds is 10. The number of amides is 2. The molecule has 0 atom stereocenters. The lowest BCUT2D eigenvalue weighted by Crippen LogP contribution is -2.50. The average Bonchev–Trinajstić information content (AvgIpc) is 2.85. The lowest BCUT2D eigenvalue weighted by Gasteiger charge is -2.58. The van der Waals surface area contributed by atoms with E-state index in [1.54, 1.807) is 54.9 Å². The molecule has 8 N–H and O–H groups in total. The molecule has 2 aromatic heterocycles. The molecule has 0 unspecified atom stereocenters. The van der Waals surface area contributed by atoms with Gasteiger partial charge in [-0.2, -0.15) is 4.99 Å². The monoisotopic (exact) mass is 526 g/mol. The van der Waals surface area contributed by atoms with Crippen LogP contribution in [0.2, 0.25) is 0 Å². The van der Waals surface area contributed by atoms with E-state index in [1.165, 1.54) is 6.08 Å². The summed E-state index contributed by atoms with van der Waals surface area (Å²) in [7, 11) is 0. The third-order valence-corrected chi connectivity index (χ3v) is 7.18. The zero-order valence-corrected chi connectivity index (χ0v) is 21.7. The third kappa shape index (κ3) is 7.70. The molecule has 2 heterocycles. The highest BCUT2D eigenvalue weighted by Gasteiger charge is 2.53. The van der Waals surface area contributed by atoms with Crippen LogP contribution >= 0.6 is 0 Å². The lowest BCUT2D eigenvalue weighted by molar-refractivity contribution is -0.120. The van der Waals surface area contributed by atoms with Crippen molar-refractivity contribution in [2.45, 2.75) is 38.5 Å². The Morgan fingerprint density at radius 1 is 0.923 bits per heavy atom. The first-order valence-corrected chi connectivity index (χ1v) is 12.9. The first kappa shape index (κ1) is 27.4. The van der Waals surface area contributed by atoms with Gasteiger partial charge in [0.05, 0.1) is 12.8 Å². The van der Waals surface area contributed by atoms with Crippen LogP contribution in [0.5, 0.6) is 0 Å². The van der Waals surface area contributed by atoms with E-state index < -0.39 is 0 Å². The molecule has 10 heteroatoms. The van der Waals surface area contributed by atoms with Gasteiger partial charge in [-0.15, -0.1) is 0 Å². The Balaban J connectivity index is 1.17. The van der Waals surface area contributed by atoms with Gasteiger partial charge in [-0.25, -0.2) is 0 Å². The molecule has 0 aliphatic heterocycles. The van der Waals surface area contributed by atoms with Gasteiger partial charge in [0.2, 0.25) is 5.91 Å². The van der Waals surface area contributed by atoms with Gasteiger partial charge in [0.15, 0.2) is 0 Å². The molecule has 2 fully saturated rings. The van der Waals surface area contributed by atoms with E-state index in [0.717, 1.165) is 31.4 Å². The van der Waals surface area contributed by atoms with E-state index in [2.05, 4.69) is 20.3 Å². The van der Waals surface area contributed by atoms with Crippen molar-refractivity contribution >= 4 is 23.4 Å². The van der Waals surface area contributed by atoms with Crippen molar-refractivity contribution in [2.24, 2.45) is 39.4 Å². The zero-order valence-electron chi connectivity index (χ0n) is 21.7. The molecule has 10 nitrogen and oxygen atoms in total. The molecule has 0 radical (unpaired) electrons. The van der Waals surface area contributed by atoms with Crippen LogP contribution in [0.15, 0.2) is 89.6 Å². The van der Waals surface area contributed by atoms with E-state index in [0.29, 0.717) is 17.1 Å². The first-order chi connectivity index (χ1) is 18.7. The maximum atomic E-state index is 12.1. The van der Waals surface area contributed by atoms with Gasteiger partial charge < -0.3 is 27.9 Å². The normalized spacial score (nSPS) is 23.2. The van der Waals surface area contributed by atoms with Crippen molar-refractivity contribution in [1.82, 2.24) is 15.3 Å². The molecule has 202 valence electrons. The molecule has 4 rings (SSSR count). The predicted molar refractivity (Wildman–Crippen MR) is 150 cm³/mol. The molecule has 0 aromatic carbocycles. The Morgan fingerprint density at radius 2 is 1.54 bits per heavy atom. The summed E-state index contributed by atoms with van der Waals surface area (Å²) in [6, 6.07) is 10.8. The van der Waals surface area contributed by atoms with Crippen molar-refractivity contribution in [1.29, 1.82) is 5.41 Å². The van der Waals surface area contributed by atoms with Gasteiger partial charge in [-0.1, -0.05) is 12.1 Å². The van der Waals surface area contributed by atoms with Crippen LogP contribution in [0, 0.1) is 22.7 Å². The van der Waals surface area contributed by atoms with Crippen molar-refractivity contribution in [3.05, 3.63) is 96.0 Å². The second kappa shape index (κ2) is 12.3. The highest BCUT2D eigenvalue weighted by molar-refractivity contribution is 6.05. The van der Waals surface area contributed by atoms with Gasteiger partial charge in [-0.3, -0.25) is 19.6 Å². The highest BCUT2D eigenvalue weighted by Crippen LogP contribution is 2.62. The molecule has 0 bridgehead atoms. The standard InChI is InChI=1S/C29H34N8O2/c30-23(7-9-25(32)36-27(38)13-21-5-1-3-11-34-21)19-15-29(16-19)17-20(18-29)24(31)8-10-26(33)37-28(39)14-22-6-2-4-12-35-22/h1-12,19-20,30H,13-18,31,33H2,(H,37,39)(H2,32,36,38)/b9-7-,24-8-,26-10+,30-23?. The van der Waals surface area contributed by atoms with Gasteiger partial charge in [-0.05, 0) is 85.6 Å². The number of nitrogens with one attached hydrogen (secondary N) is 2. The highest BCUT2D eigenvalue weighted by atomic mass is 16.2. The molecule has 0 saturated heterocycles. The van der Waals surface area contributed by atoms with E-state index in [-0.39, 0.29) is 53.6 Å². The molecule has 2 amide bonds. The molecule has 2 aliphatic carbocycles. The molecule has 2 aromatic rings. The van der Waals surface area contributed by atoms with Gasteiger partial charge >= 0.3 is 0 Å². The minimum absolute atomic E-state index is 0.0802. The summed E-state index contributed by atoms with van der Waals surface area (Å²) in [5.74, 6) is 0.124. The fraction of sp³-hybridized carbons (Fsp3) is 0.310. The van der Waals surface area contributed by atoms with Crippen LogP contribution in [0.4, 0.5) is 0 Å². The number of carbonyl (C=O) groups excluding carboxylic acids is 2. The Hall–Kier alpha value is -4.60.